The van der Waals surface area contributed by atoms with Crippen LogP contribution in [0.2, 0.25) is 0 Å². The quantitative estimate of drug-likeness (QED) is 0.167. The molecule has 0 atom stereocenters. The van der Waals surface area contributed by atoms with Gasteiger partial charge in [-0.25, -0.2) is 15.0 Å². The minimum Gasteiger partial charge on any atom is -0.456 e. The number of furan rings is 2. The van der Waals surface area contributed by atoms with Crippen molar-refractivity contribution in [3.8, 4) is 62.1 Å². The van der Waals surface area contributed by atoms with E-state index in [1.807, 2.05) is 60.7 Å². The first kappa shape index (κ1) is 35.2. The lowest BCUT2D eigenvalue weighted by Crippen LogP contribution is -2.00. The van der Waals surface area contributed by atoms with E-state index in [2.05, 4.69) is 150 Å². The van der Waals surface area contributed by atoms with E-state index in [1.165, 1.54) is 21.8 Å². The minimum atomic E-state index is 0.555. The maximum Gasteiger partial charge on any atom is 0.164 e. The van der Waals surface area contributed by atoms with E-state index in [0.29, 0.717) is 17.5 Å². The molecule has 0 bridgehead atoms. The highest BCUT2D eigenvalue weighted by Gasteiger charge is 2.20. The van der Waals surface area contributed by atoms with Gasteiger partial charge in [0, 0.05) is 54.7 Å². The molecule has 0 N–H and O–H groups in total. The highest BCUT2D eigenvalue weighted by atomic mass is 16.3. The van der Waals surface area contributed by atoms with Gasteiger partial charge >= 0.3 is 0 Å². The van der Waals surface area contributed by atoms with Crippen molar-refractivity contribution in [2.75, 3.05) is 0 Å². The smallest absolute Gasteiger partial charge is 0.164 e. The average Bonchev–Trinajstić information content (AvgIpc) is 4.03. The average molecular weight is 807 g/mol. The molecule has 6 heteroatoms. The molecule has 0 saturated heterocycles. The van der Waals surface area contributed by atoms with Crippen molar-refractivity contribution in [1.29, 1.82) is 0 Å². The SMILES string of the molecule is c1ccc(-c2nc(-c3ccc4c(c3)oc3ccccc34)nc(-c3ccc4c(c3)oc3cccc(-c5ccccc5-c5ccc6c7ccccc7n(-c7ccccc7)c6c5)c34)n2)cc1. The topological polar surface area (TPSA) is 69.9 Å². The summed E-state index contributed by atoms with van der Waals surface area (Å²) in [7, 11) is 0. The van der Waals surface area contributed by atoms with Crippen LogP contribution in [-0.4, -0.2) is 19.5 Å². The maximum absolute atomic E-state index is 6.70. The summed E-state index contributed by atoms with van der Waals surface area (Å²) < 4.78 is 15.3. The zero-order chi connectivity index (χ0) is 41.4. The van der Waals surface area contributed by atoms with Gasteiger partial charge in [-0.2, -0.15) is 0 Å². The Hall–Kier alpha value is -8.61. The number of aromatic nitrogens is 4. The molecule has 0 spiro atoms. The van der Waals surface area contributed by atoms with Crippen molar-refractivity contribution < 1.29 is 8.83 Å². The molecule has 294 valence electrons. The van der Waals surface area contributed by atoms with Gasteiger partial charge in [0.15, 0.2) is 17.5 Å². The lowest BCUT2D eigenvalue weighted by atomic mass is 9.91. The van der Waals surface area contributed by atoms with Crippen molar-refractivity contribution in [1.82, 2.24) is 19.5 Å². The summed E-state index contributed by atoms with van der Waals surface area (Å²) in [5.74, 6) is 1.71. The summed E-state index contributed by atoms with van der Waals surface area (Å²) in [6.07, 6.45) is 0. The highest BCUT2D eigenvalue weighted by molar-refractivity contribution is 6.15. The molecule has 6 nitrogen and oxygen atoms in total. The van der Waals surface area contributed by atoms with Crippen molar-refractivity contribution >= 4 is 65.7 Å². The Morgan fingerprint density at radius 2 is 0.825 bits per heavy atom. The Labute approximate surface area is 361 Å². The van der Waals surface area contributed by atoms with Gasteiger partial charge < -0.3 is 13.4 Å². The molecular formula is C57H34N4O2. The molecular weight excluding hydrogens is 773 g/mol. The number of para-hydroxylation sites is 3. The van der Waals surface area contributed by atoms with E-state index in [4.69, 9.17) is 23.8 Å². The maximum atomic E-state index is 6.70. The van der Waals surface area contributed by atoms with Gasteiger partial charge in [-0.3, -0.25) is 0 Å². The second kappa shape index (κ2) is 14.0. The van der Waals surface area contributed by atoms with Gasteiger partial charge in [0.1, 0.15) is 22.3 Å². The van der Waals surface area contributed by atoms with Crippen molar-refractivity contribution in [2.45, 2.75) is 0 Å². The predicted molar refractivity (Wildman–Crippen MR) is 256 cm³/mol. The van der Waals surface area contributed by atoms with Gasteiger partial charge in [-0.15, -0.1) is 0 Å². The molecule has 4 aromatic heterocycles. The lowest BCUT2D eigenvalue weighted by molar-refractivity contribution is 0.668. The normalized spacial score (nSPS) is 11.8. The monoisotopic (exact) mass is 806 g/mol. The predicted octanol–water partition coefficient (Wildman–Crippen LogP) is 15.1. The van der Waals surface area contributed by atoms with Crippen LogP contribution in [0.1, 0.15) is 0 Å². The molecule has 13 aromatic rings. The Kier molecular flexibility index (Phi) is 7.80. The third-order valence-corrected chi connectivity index (χ3v) is 12.3. The van der Waals surface area contributed by atoms with Gasteiger partial charge in [-0.05, 0) is 82.9 Å². The first-order valence-corrected chi connectivity index (χ1v) is 21.1. The number of rotatable bonds is 6. The van der Waals surface area contributed by atoms with E-state index < -0.39 is 0 Å². The molecule has 63 heavy (non-hydrogen) atoms. The summed E-state index contributed by atoms with van der Waals surface area (Å²) in [6, 6.07) is 71.7. The van der Waals surface area contributed by atoms with Crippen LogP contribution in [0.15, 0.2) is 215 Å². The van der Waals surface area contributed by atoms with Crippen LogP contribution in [0.4, 0.5) is 0 Å². The number of benzene rings is 9. The molecule has 13 rings (SSSR count). The number of fused-ring (bicyclic) bond motifs is 9. The minimum absolute atomic E-state index is 0.555. The standard InChI is InChI=1S/C57H34N4O2/c1-3-14-35(15-4-1)55-58-56(37-27-30-45-44-21-10-12-24-50(44)62-52(45)33-37)60-57(59-55)38-28-31-47-53(34-38)63-51-25-13-22-46(54(47)51)41-19-8-7-18-40(41)36-26-29-43-42-20-9-11-23-48(42)61(49(43)32-36)39-16-5-2-6-17-39/h1-34H. The van der Waals surface area contributed by atoms with Gasteiger partial charge in [0.25, 0.3) is 0 Å². The van der Waals surface area contributed by atoms with E-state index in [1.54, 1.807) is 0 Å². The third kappa shape index (κ3) is 5.69. The fourth-order valence-electron chi connectivity index (χ4n) is 9.37. The zero-order valence-corrected chi connectivity index (χ0v) is 33.7. The number of nitrogens with zero attached hydrogens (tertiary/aromatic N) is 4. The second-order valence-corrected chi connectivity index (χ2v) is 15.9. The van der Waals surface area contributed by atoms with Crippen molar-refractivity contribution in [3.63, 3.8) is 0 Å². The van der Waals surface area contributed by atoms with E-state index in [-0.39, 0.29) is 0 Å². The van der Waals surface area contributed by atoms with Crippen LogP contribution >= 0.6 is 0 Å². The van der Waals surface area contributed by atoms with Gasteiger partial charge in [0.05, 0.1) is 11.0 Å². The van der Waals surface area contributed by atoms with E-state index in [0.717, 1.165) is 88.5 Å². The zero-order valence-electron chi connectivity index (χ0n) is 33.7. The summed E-state index contributed by atoms with van der Waals surface area (Å²) in [5.41, 5.74) is 13.8. The number of hydrogen-bond donors (Lipinski definition) is 0. The van der Waals surface area contributed by atoms with Crippen LogP contribution in [0.25, 0.3) is 128 Å². The highest BCUT2D eigenvalue weighted by Crippen LogP contribution is 2.43. The second-order valence-electron chi connectivity index (χ2n) is 15.9. The van der Waals surface area contributed by atoms with Crippen LogP contribution < -0.4 is 0 Å². The Bertz CT molecular complexity index is 3920. The Morgan fingerprint density at radius 3 is 1.62 bits per heavy atom. The summed E-state index contributed by atoms with van der Waals surface area (Å²) in [6.45, 7) is 0. The fourth-order valence-corrected chi connectivity index (χ4v) is 9.37. The molecule has 0 amide bonds. The molecule has 4 heterocycles. The third-order valence-electron chi connectivity index (χ3n) is 12.3. The van der Waals surface area contributed by atoms with Crippen LogP contribution in [0.3, 0.4) is 0 Å². The molecule has 0 radical (unpaired) electrons. The van der Waals surface area contributed by atoms with Crippen molar-refractivity contribution in [2.24, 2.45) is 0 Å². The molecule has 0 aliphatic rings. The van der Waals surface area contributed by atoms with Crippen LogP contribution in [0.5, 0.6) is 0 Å². The Morgan fingerprint density at radius 1 is 0.302 bits per heavy atom. The molecule has 0 fully saturated rings. The molecule has 0 aliphatic heterocycles. The largest absolute Gasteiger partial charge is 0.456 e. The molecule has 0 unspecified atom stereocenters. The first-order valence-electron chi connectivity index (χ1n) is 21.1. The first-order chi connectivity index (χ1) is 31.2. The van der Waals surface area contributed by atoms with E-state index >= 15 is 0 Å². The number of hydrogen-bond acceptors (Lipinski definition) is 5. The fraction of sp³-hybridized carbons (Fsp3) is 0. The molecule has 0 saturated carbocycles. The van der Waals surface area contributed by atoms with E-state index in [9.17, 15) is 0 Å². The Balaban J connectivity index is 0.943. The van der Waals surface area contributed by atoms with Gasteiger partial charge in [0.2, 0.25) is 0 Å². The van der Waals surface area contributed by atoms with Gasteiger partial charge in [-0.1, -0.05) is 146 Å². The van der Waals surface area contributed by atoms with Crippen molar-refractivity contribution in [3.05, 3.63) is 206 Å². The molecule has 9 aromatic carbocycles. The molecule has 0 aliphatic carbocycles. The lowest BCUT2D eigenvalue weighted by Gasteiger charge is -2.13. The van der Waals surface area contributed by atoms with Crippen LogP contribution in [-0.2, 0) is 0 Å². The summed E-state index contributed by atoms with van der Waals surface area (Å²) in [5, 5.41) is 6.67. The summed E-state index contributed by atoms with van der Waals surface area (Å²) >= 11 is 0. The van der Waals surface area contributed by atoms with Crippen LogP contribution in [0, 0.1) is 0 Å². The summed E-state index contributed by atoms with van der Waals surface area (Å²) in [4.78, 5) is 15.1.